The lowest BCUT2D eigenvalue weighted by Gasteiger charge is -2.12. The third-order valence-electron chi connectivity index (χ3n) is 4.11. The topological polar surface area (TPSA) is 113 Å². The highest BCUT2D eigenvalue weighted by Gasteiger charge is 2.27. The largest absolute Gasteiger partial charge is 0.396 e. The maximum Gasteiger partial charge on any atom is 0.229 e. The van der Waals surface area contributed by atoms with Gasteiger partial charge in [0.25, 0.3) is 0 Å². The second-order valence-electron chi connectivity index (χ2n) is 6.21. The predicted molar refractivity (Wildman–Crippen MR) is 96.8 cm³/mol. The van der Waals surface area contributed by atoms with Crippen molar-refractivity contribution in [3.05, 3.63) is 41.6 Å². The van der Waals surface area contributed by atoms with E-state index in [2.05, 4.69) is 20.6 Å². The molecule has 1 aromatic carbocycles. The third kappa shape index (κ3) is 4.90. The second kappa shape index (κ2) is 7.94. The van der Waals surface area contributed by atoms with Gasteiger partial charge < -0.3 is 21.5 Å². The Balaban J connectivity index is 1.71. The molecule has 0 aliphatic heterocycles. The first-order valence-corrected chi connectivity index (χ1v) is 8.51. The van der Waals surface area contributed by atoms with E-state index < -0.39 is 0 Å². The quantitative estimate of drug-likeness (QED) is 0.554. The molecule has 3 rings (SSSR count). The smallest absolute Gasteiger partial charge is 0.229 e. The Morgan fingerprint density at radius 3 is 2.68 bits per heavy atom. The summed E-state index contributed by atoms with van der Waals surface area (Å²) < 4.78 is 0. The van der Waals surface area contributed by atoms with Gasteiger partial charge in [-0.25, -0.2) is 4.98 Å². The summed E-state index contributed by atoms with van der Waals surface area (Å²) >= 11 is 0. The van der Waals surface area contributed by atoms with Crippen LogP contribution in [0.2, 0.25) is 0 Å². The zero-order valence-corrected chi connectivity index (χ0v) is 14.0. The van der Waals surface area contributed by atoms with Gasteiger partial charge in [-0.15, -0.1) is 0 Å². The zero-order chi connectivity index (χ0) is 17.6. The van der Waals surface area contributed by atoms with Crippen molar-refractivity contribution in [2.24, 2.45) is 5.73 Å². The highest BCUT2D eigenvalue weighted by atomic mass is 16.3. The number of nitrogens with one attached hydrogen (secondary N) is 2. The van der Waals surface area contributed by atoms with Crippen molar-refractivity contribution in [1.29, 1.82) is 0 Å². The average molecular weight is 341 g/mol. The van der Waals surface area contributed by atoms with E-state index in [0.717, 1.165) is 35.5 Å². The van der Waals surface area contributed by atoms with Gasteiger partial charge in [-0.2, -0.15) is 4.98 Å². The number of carbonyl (C=O) groups is 1. The molecule has 1 aliphatic carbocycles. The standard InChI is InChI=1S/C18H23N5O2/c19-16(25)7-9-20-17-15(13-3-4-13)11-21-18(23-17)22-14-5-1-12(2-6-14)8-10-24/h1-2,5-6,11,13,24H,3-4,7-10H2,(H2,19,25)(H2,20,21,22,23). The van der Waals surface area contributed by atoms with Gasteiger partial charge in [0, 0.05) is 37.0 Å². The van der Waals surface area contributed by atoms with E-state index in [4.69, 9.17) is 10.8 Å². The van der Waals surface area contributed by atoms with Crippen LogP contribution in [0.3, 0.4) is 0 Å². The molecule has 0 unspecified atom stereocenters. The van der Waals surface area contributed by atoms with Crippen LogP contribution >= 0.6 is 0 Å². The molecular weight excluding hydrogens is 318 g/mol. The molecule has 1 amide bonds. The molecule has 1 aliphatic rings. The monoisotopic (exact) mass is 341 g/mol. The Morgan fingerprint density at radius 2 is 2.04 bits per heavy atom. The van der Waals surface area contributed by atoms with Crippen molar-refractivity contribution in [2.75, 3.05) is 23.8 Å². The summed E-state index contributed by atoms with van der Waals surface area (Å²) in [6, 6.07) is 7.79. The summed E-state index contributed by atoms with van der Waals surface area (Å²) in [5.41, 5.74) is 8.24. The zero-order valence-electron chi connectivity index (χ0n) is 14.0. The third-order valence-corrected chi connectivity index (χ3v) is 4.11. The number of anilines is 3. The summed E-state index contributed by atoms with van der Waals surface area (Å²) in [5.74, 6) is 1.43. The molecular formula is C18H23N5O2. The van der Waals surface area contributed by atoms with Gasteiger partial charge in [-0.1, -0.05) is 12.1 Å². The fourth-order valence-corrected chi connectivity index (χ4v) is 2.60. The Labute approximate surface area is 146 Å². The van der Waals surface area contributed by atoms with Crippen LogP contribution < -0.4 is 16.4 Å². The van der Waals surface area contributed by atoms with Crippen molar-refractivity contribution in [2.45, 2.75) is 31.6 Å². The molecule has 1 fully saturated rings. The second-order valence-corrected chi connectivity index (χ2v) is 6.21. The van der Waals surface area contributed by atoms with E-state index >= 15 is 0 Å². The van der Waals surface area contributed by atoms with Crippen LogP contribution in [0.15, 0.2) is 30.5 Å². The molecule has 5 N–H and O–H groups in total. The fraction of sp³-hybridized carbons (Fsp3) is 0.389. The van der Waals surface area contributed by atoms with E-state index in [1.807, 2.05) is 30.5 Å². The van der Waals surface area contributed by atoms with Crippen molar-refractivity contribution < 1.29 is 9.90 Å². The van der Waals surface area contributed by atoms with Crippen molar-refractivity contribution in [1.82, 2.24) is 9.97 Å². The maximum atomic E-state index is 10.9. The molecule has 0 radical (unpaired) electrons. The molecule has 1 saturated carbocycles. The Bertz CT molecular complexity index is 729. The molecule has 1 aromatic heterocycles. The van der Waals surface area contributed by atoms with Gasteiger partial charge in [0.2, 0.25) is 11.9 Å². The lowest BCUT2D eigenvalue weighted by molar-refractivity contribution is -0.117. The molecule has 0 bridgehead atoms. The maximum absolute atomic E-state index is 10.9. The summed E-state index contributed by atoms with van der Waals surface area (Å²) in [6.45, 7) is 0.597. The highest BCUT2D eigenvalue weighted by Crippen LogP contribution is 2.42. The van der Waals surface area contributed by atoms with Crippen molar-refractivity contribution >= 4 is 23.4 Å². The van der Waals surface area contributed by atoms with Crippen LogP contribution in [-0.2, 0) is 11.2 Å². The van der Waals surface area contributed by atoms with E-state index in [1.165, 1.54) is 0 Å². The number of nitrogens with zero attached hydrogens (tertiary/aromatic N) is 2. The molecule has 0 atom stereocenters. The van der Waals surface area contributed by atoms with Crippen molar-refractivity contribution in [3.63, 3.8) is 0 Å². The first-order valence-electron chi connectivity index (χ1n) is 8.51. The van der Waals surface area contributed by atoms with Crippen LogP contribution in [0.5, 0.6) is 0 Å². The number of aliphatic hydroxyl groups is 1. The number of carbonyl (C=O) groups excluding carboxylic acids is 1. The van der Waals surface area contributed by atoms with Crippen LogP contribution in [0.25, 0.3) is 0 Å². The van der Waals surface area contributed by atoms with Crippen LogP contribution in [-0.4, -0.2) is 34.1 Å². The molecule has 1 heterocycles. The van der Waals surface area contributed by atoms with E-state index in [1.54, 1.807) is 0 Å². The van der Waals surface area contributed by atoms with Crippen molar-refractivity contribution in [3.8, 4) is 0 Å². The van der Waals surface area contributed by atoms with E-state index in [0.29, 0.717) is 24.8 Å². The number of aliphatic hydroxyl groups excluding tert-OH is 1. The number of hydrogen-bond acceptors (Lipinski definition) is 6. The average Bonchev–Trinajstić information content (AvgIpc) is 3.42. The number of benzene rings is 1. The SMILES string of the molecule is NC(=O)CCNc1nc(Nc2ccc(CCO)cc2)ncc1C1CC1. The molecule has 7 nitrogen and oxygen atoms in total. The molecule has 25 heavy (non-hydrogen) atoms. The Hall–Kier alpha value is -2.67. The lowest BCUT2D eigenvalue weighted by Crippen LogP contribution is -2.17. The minimum Gasteiger partial charge on any atom is -0.396 e. The summed E-state index contributed by atoms with van der Waals surface area (Å²) in [4.78, 5) is 19.9. The van der Waals surface area contributed by atoms with Crippen LogP contribution in [0.1, 0.15) is 36.3 Å². The minimum atomic E-state index is -0.337. The van der Waals surface area contributed by atoms with Gasteiger partial charge >= 0.3 is 0 Å². The molecule has 0 saturated heterocycles. The van der Waals surface area contributed by atoms with Gasteiger partial charge in [0.1, 0.15) is 5.82 Å². The highest BCUT2D eigenvalue weighted by molar-refractivity contribution is 5.74. The van der Waals surface area contributed by atoms with Gasteiger partial charge in [0.05, 0.1) is 0 Å². The summed E-state index contributed by atoms with van der Waals surface area (Å²) in [7, 11) is 0. The minimum absolute atomic E-state index is 0.138. The van der Waals surface area contributed by atoms with Crippen LogP contribution in [0, 0.1) is 0 Å². The number of amides is 1. The number of aromatic nitrogens is 2. The fourth-order valence-electron chi connectivity index (χ4n) is 2.60. The lowest BCUT2D eigenvalue weighted by atomic mass is 10.1. The normalized spacial score (nSPS) is 13.5. The molecule has 132 valence electrons. The Morgan fingerprint density at radius 1 is 1.28 bits per heavy atom. The van der Waals surface area contributed by atoms with Crippen LogP contribution in [0.4, 0.5) is 17.5 Å². The Kier molecular flexibility index (Phi) is 5.45. The summed E-state index contributed by atoms with van der Waals surface area (Å²) in [6.07, 6.45) is 5.05. The first-order chi connectivity index (χ1) is 12.2. The summed E-state index contributed by atoms with van der Waals surface area (Å²) in [5, 5.41) is 15.3. The molecule has 0 spiro atoms. The number of primary amides is 1. The van der Waals surface area contributed by atoms with Gasteiger partial charge in [0.15, 0.2) is 0 Å². The van der Waals surface area contributed by atoms with Gasteiger partial charge in [-0.3, -0.25) is 4.79 Å². The number of nitrogens with two attached hydrogens (primary N) is 1. The number of rotatable bonds is 9. The predicted octanol–water partition coefficient (Wildman–Crippen LogP) is 1.92. The molecule has 2 aromatic rings. The first kappa shape index (κ1) is 17.2. The number of hydrogen-bond donors (Lipinski definition) is 4. The van der Waals surface area contributed by atoms with E-state index in [-0.39, 0.29) is 18.9 Å². The van der Waals surface area contributed by atoms with E-state index in [9.17, 15) is 4.79 Å². The molecule has 7 heteroatoms. The van der Waals surface area contributed by atoms with Gasteiger partial charge in [-0.05, 0) is 42.9 Å².